The van der Waals surface area contributed by atoms with Gasteiger partial charge in [0.05, 0.1) is 12.1 Å². The zero-order valence-electron chi connectivity index (χ0n) is 17.7. The van der Waals surface area contributed by atoms with Crippen LogP contribution in [0.25, 0.3) is 10.9 Å². The topological polar surface area (TPSA) is 60.3 Å². The van der Waals surface area contributed by atoms with Crippen molar-refractivity contribution in [1.82, 2.24) is 4.57 Å². The van der Waals surface area contributed by atoms with Gasteiger partial charge in [-0.2, -0.15) is 0 Å². The van der Waals surface area contributed by atoms with Crippen LogP contribution in [0, 0.1) is 20.8 Å². The molecular weight excluding hydrogens is 364 g/mol. The van der Waals surface area contributed by atoms with Gasteiger partial charge in [-0.25, -0.2) is 0 Å². The molecule has 1 amide bonds. The number of aryl methyl sites for hydroxylation is 3. The monoisotopic (exact) mass is 392 g/mol. The van der Waals surface area contributed by atoms with Gasteiger partial charge in [0.25, 0.3) is 5.56 Å². The van der Waals surface area contributed by atoms with Crippen LogP contribution in [0.1, 0.15) is 43.0 Å². The van der Waals surface area contributed by atoms with Crippen molar-refractivity contribution < 1.29 is 9.53 Å². The average Bonchev–Trinajstić information content (AvgIpc) is 2.67. The molecular formula is C24H28N2O3. The molecule has 0 aliphatic rings. The number of ether oxygens (including phenoxy) is 1. The molecule has 1 unspecified atom stereocenters. The molecule has 0 spiro atoms. The number of benzene rings is 2. The summed E-state index contributed by atoms with van der Waals surface area (Å²) in [6.45, 7) is 10.4. The Kier molecular flexibility index (Phi) is 6.06. The summed E-state index contributed by atoms with van der Waals surface area (Å²) in [6, 6.07) is 12.4. The summed E-state index contributed by atoms with van der Waals surface area (Å²) in [7, 11) is 0. The van der Waals surface area contributed by atoms with E-state index < -0.39 is 6.04 Å². The molecule has 152 valence electrons. The van der Waals surface area contributed by atoms with E-state index in [1.807, 2.05) is 46.8 Å². The predicted molar refractivity (Wildman–Crippen MR) is 118 cm³/mol. The largest absolute Gasteiger partial charge is 0.494 e. The van der Waals surface area contributed by atoms with Crippen LogP contribution in [0.15, 0.2) is 47.3 Å². The third-order valence-corrected chi connectivity index (χ3v) is 5.12. The Labute approximate surface area is 171 Å². The van der Waals surface area contributed by atoms with Gasteiger partial charge in [-0.15, -0.1) is 0 Å². The maximum atomic E-state index is 13.1. The van der Waals surface area contributed by atoms with Crippen LogP contribution in [-0.2, 0) is 4.79 Å². The number of nitrogens with one attached hydrogen (secondary N) is 1. The lowest BCUT2D eigenvalue weighted by Crippen LogP contribution is -2.33. The molecule has 0 aliphatic heterocycles. The van der Waals surface area contributed by atoms with Gasteiger partial charge in [-0.1, -0.05) is 18.6 Å². The third kappa shape index (κ3) is 4.19. The van der Waals surface area contributed by atoms with E-state index in [0.717, 1.165) is 33.3 Å². The zero-order chi connectivity index (χ0) is 21.1. The Morgan fingerprint density at radius 3 is 2.34 bits per heavy atom. The van der Waals surface area contributed by atoms with Gasteiger partial charge >= 0.3 is 0 Å². The number of anilines is 1. The van der Waals surface area contributed by atoms with Crippen LogP contribution in [0.3, 0.4) is 0 Å². The highest BCUT2D eigenvalue weighted by atomic mass is 16.5. The van der Waals surface area contributed by atoms with E-state index in [-0.39, 0.29) is 11.5 Å². The van der Waals surface area contributed by atoms with Crippen molar-refractivity contribution in [1.29, 1.82) is 0 Å². The quantitative estimate of drug-likeness (QED) is 0.648. The van der Waals surface area contributed by atoms with Crippen LogP contribution in [0.5, 0.6) is 5.75 Å². The standard InChI is InChI=1S/C24H28N2O3/c1-6-21(24(28)25-18-8-10-19(11-9-18)29-7-2)26-22(27)14-16(4)20-13-15(3)12-17(5)23(20)26/h8-14,21H,6-7H2,1-5H3,(H,25,28). The van der Waals surface area contributed by atoms with Gasteiger partial charge in [0.2, 0.25) is 5.91 Å². The van der Waals surface area contributed by atoms with Crippen LogP contribution >= 0.6 is 0 Å². The number of fused-ring (bicyclic) bond motifs is 1. The van der Waals surface area contributed by atoms with Crippen LogP contribution in [-0.4, -0.2) is 17.1 Å². The number of hydrogen-bond donors (Lipinski definition) is 1. The van der Waals surface area contributed by atoms with Gasteiger partial charge in [-0.05, 0) is 75.6 Å². The first-order valence-electron chi connectivity index (χ1n) is 10.0. The SMILES string of the molecule is CCOc1ccc(NC(=O)C(CC)n2c(=O)cc(C)c3cc(C)cc(C)c32)cc1. The summed E-state index contributed by atoms with van der Waals surface area (Å²) < 4.78 is 7.08. The fourth-order valence-corrected chi connectivity index (χ4v) is 3.84. The van der Waals surface area contributed by atoms with Gasteiger partial charge in [0.1, 0.15) is 11.8 Å². The molecule has 0 radical (unpaired) electrons. The Morgan fingerprint density at radius 1 is 1.03 bits per heavy atom. The lowest BCUT2D eigenvalue weighted by Gasteiger charge is -2.22. The molecule has 0 saturated heterocycles. The Morgan fingerprint density at radius 2 is 1.72 bits per heavy atom. The van der Waals surface area contributed by atoms with Gasteiger partial charge in [0, 0.05) is 17.1 Å². The molecule has 1 atom stereocenters. The van der Waals surface area contributed by atoms with Crippen molar-refractivity contribution in [3.8, 4) is 5.75 Å². The lowest BCUT2D eigenvalue weighted by atomic mass is 10.0. The Bertz CT molecular complexity index is 1100. The second kappa shape index (κ2) is 8.52. The van der Waals surface area contributed by atoms with Crippen LogP contribution in [0.2, 0.25) is 0 Å². The molecule has 1 N–H and O–H groups in total. The van der Waals surface area contributed by atoms with E-state index >= 15 is 0 Å². The number of hydrogen-bond acceptors (Lipinski definition) is 3. The van der Waals surface area contributed by atoms with Gasteiger partial charge in [0.15, 0.2) is 0 Å². The highest BCUT2D eigenvalue weighted by molar-refractivity contribution is 5.95. The molecule has 0 fully saturated rings. The number of aromatic nitrogens is 1. The minimum absolute atomic E-state index is 0.157. The number of amides is 1. The summed E-state index contributed by atoms with van der Waals surface area (Å²) in [6.07, 6.45) is 0.508. The average molecular weight is 392 g/mol. The lowest BCUT2D eigenvalue weighted by molar-refractivity contribution is -0.119. The number of carbonyl (C=O) groups is 1. The number of rotatable bonds is 6. The molecule has 3 rings (SSSR count). The van der Waals surface area contributed by atoms with Gasteiger partial charge in [-0.3, -0.25) is 14.2 Å². The third-order valence-electron chi connectivity index (χ3n) is 5.12. The van der Waals surface area contributed by atoms with E-state index in [9.17, 15) is 9.59 Å². The Balaban J connectivity index is 2.02. The highest BCUT2D eigenvalue weighted by Gasteiger charge is 2.23. The van der Waals surface area contributed by atoms with Gasteiger partial charge < -0.3 is 10.1 Å². The minimum atomic E-state index is -0.599. The summed E-state index contributed by atoms with van der Waals surface area (Å²) in [5, 5.41) is 3.95. The summed E-state index contributed by atoms with van der Waals surface area (Å²) in [4.78, 5) is 26.0. The fourth-order valence-electron chi connectivity index (χ4n) is 3.84. The first-order chi connectivity index (χ1) is 13.8. The van der Waals surface area contributed by atoms with E-state index in [1.54, 1.807) is 22.8 Å². The molecule has 5 nitrogen and oxygen atoms in total. The molecule has 1 heterocycles. The number of pyridine rings is 1. The molecule has 0 aliphatic carbocycles. The Hall–Kier alpha value is -3.08. The predicted octanol–water partition coefficient (Wildman–Crippen LogP) is 4.92. The van der Waals surface area contributed by atoms with Crippen LogP contribution < -0.4 is 15.6 Å². The van der Waals surface area contributed by atoms with Crippen molar-refractivity contribution in [2.24, 2.45) is 0 Å². The van der Waals surface area contributed by atoms with E-state index in [0.29, 0.717) is 18.7 Å². The summed E-state index contributed by atoms with van der Waals surface area (Å²) >= 11 is 0. The van der Waals surface area contributed by atoms with Crippen molar-refractivity contribution in [2.75, 3.05) is 11.9 Å². The van der Waals surface area contributed by atoms with Crippen molar-refractivity contribution >= 4 is 22.5 Å². The van der Waals surface area contributed by atoms with E-state index in [2.05, 4.69) is 17.4 Å². The highest BCUT2D eigenvalue weighted by Crippen LogP contribution is 2.26. The molecule has 29 heavy (non-hydrogen) atoms. The maximum absolute atomic E-state index is 13.1. The maximum Gasteiger partial charge on any atom is 0.252 e. The van der Waals surface area contributed by atoms with Crippen molar-refractivity contribution in [3.63, 3.8) is 0 Å². The first-order valence-corrected chi connectivity index (χ1v) is 10.0. The molecule has 2 aromatic carbocycles. The number of carbonyl (C=O) groups excluding carboxylic acids is 1. The smallest absolute Gasteiger partial charge is 0.252 e. The normalized spacial score (nSPS) is 12.0. The van der Waals surface area contributed by atoms with Crippen LogP contribution in [0.4, 0.5) is 5.69 Å². The van der Waals surface area contributed by atoms with E-state index in [1.165, 1.54) is 0 Å². The molecule has 0 bridgehead atoms. The minimum Gasteiger partial charge on any atom is -0.494 e. The summed E-state index contributed by atoms with van der Waals surface area (Å²) in [5.74, 6) is 0.549. The zero-order valence-corrected chi connectivity index (χ0v) is 17.7. The molecule has 5 heteroatoms. The van der Waals surface area contributed by atoms with Crippen molar-refractivity contribution in [2.45, 2.75) is 47.1 Å². The second-order valence-corrected chi connectivity index (χ2v) is 7.38. The summed E-state index contributed by atoms with van der Waals surface area (Å²) in [5.41, 5.74) is 4.40. The number of nitrogens with zero attached hydrogens (tertiary/aromatic N) is 1. The van der Waals surface area contributed by atoms with Crippen molar-refractivity contribution in [3.05, 3.63) is 69.5 Å². The second-order valence-electron chi connectivity index (χ2n) is 7.38. The fraction of sp³-hybridized carbons (Fsp3) is 0.333. The molecule has 3 aromatic rings. The molecule has 1 aromatic heterocycles. The first kappa shape index (κ1) is 20.6. The molecule has 0 saturated carbocycles. The van der Waals surface area contributed by atoms with E-state index in [4.69, 9.17) is 4.74 Å².